The van der Waals surface area contributed by atoms with Crippen LogP contribution in [0.15, 0.2) is 4.90 Å². The summed E-state index contributed by atoms with van der Waals surface area (Å²) < 4.78 is 23.9. The molecule has 102 valence electrons. The van der Waals surface area contributed by atoms with Crippen LogP contribution >= 0.6 is 34.5 Å². The van der Waals surface area contributed by atoms with Gasteiger partial charge in [0, 0.05) is 5.56 Å². The average Bonchev–Trinajstić information content (AvgIpc) is 2.50. The van der Waals surface area contributed by atoms with Crippen LogP contribution in [0.4, 0.5) is 0 Å². The summed E-state index contributed by atoms with van der Waals surface area (Å²) in [6, 6.07) is 0. The number of carboxylic acids is 1. The molecule has 0 saturated carbocycles. The van der Waals surface area contributed by atoms with Crippen LogP contribution in [0.5, 0.6) is 0 Å². The topological polar surface area (TPSA) is 92.7 Å². The molecule has 2 N–H and O–H groups in total. The zero-order valence-electron chi connectivity index (χ0n) is 9.23. The standard InChI is InChI=1S/C8H9Cl2NO5S2/c1-3-5(7(10)17-6(3)9)18(14,15)11-16-4(2)8(12)13/h4,11H,1-2H3,(H,12,13)/t4-/m0/s1. The average molecular weight is 334 g/mol. The molecule has 0 fully saturated rings. The molecule has 0 aliphatic carbocycles. The van der Waals surface area contributed by atoms with E-state index in [-0.39, 0.29) is 19.1 Å². The van der Waals surface area contributed by atoms with Gasteiger partial charge in [0.15, 0.2) is 6.10 Å². The second-order valence-corrected chi connectivity index (χ2v) is 7.10. The first kappa shape index (κ1) is 15.7. The normalized spacial score (nSPS) is 13.6. The van der Waals surface area contributed by atoms with E-state index in [1.807, 2.05) is 0 Å². The van der Waals surface area contributed by atoms with Gasteiger partial charge in [0.2, 0.25) is 0 Å². The lowest BCUT2D eigenvalue weighted by Gasteiger charge is -2.10. The van der Waals surface area contributed by atoms with Crippen LogP contribution in [0.3, 0.4) is 0 Å². The quantitative estimate of drug-likeness (QED) is 0.804. The molecule has 0 radical (unpaired) electrons. The molecule has 1 heterocycles. The molecule has 0 bridgehead atoms. The molecule has 10 heteroatoms. The van der Waals surface area contributed by atoms with Gasteiger partial charge in [-0.15, -0.1) is 11.3 Å². The lowest BCUT2D eigenvalue weighted by atomic mass is 10.4. The van der Waals surface area contributed by atoms with Crippen molar-refractivity contribution in [2.24, 2.45) is 0 Å². The van der Waals surface area contributed by atoms with Crippen molar-refractivity contribution < 1.29 is 23.2 Å². The zero-order valence-corrected chi connectivity index (χ0v) is 12.4. The summed E-state index contributed by atoms with van der Waals surface area (Å²) in [6.07, 6.45) is -1.33. The molecule has 1 aromatic heterocycles. The molecule has 0 spiro atoms. The minimum absolute atomic E-state index is 0.0171. The number of carboxylic acid groups (broad SMARTS) is 1. The molecule has 0 unspecified atom stereocenters. The van der Waals surface area contributed by atoms with Crippen molar-refractivity contribution in [3.63, 3.8) is 0 Å². The first-order valence-corrected chi connectivity index (χ1v) is 7.57. The SMILES string of the molecule is Cc1c(Cl)sc(Cl)c1S(=O)(=O)NO[C@@H](C)C(=O)O. The van der Waals surface area contributed by atoms with Gasteiger partial charge in [-0.25, -0.2) is 13.2 Å². The molecule has 0 aromatic carbocycles. The molecule has 18 heavy (non-hydrogen) atoms. The minimum Gasteiger partial charge on any atom is -0.479 e. The van der Waals surface area contributed by atoms with Crippen molar-refractivity contribution in [1.29, 1.82) is 0 Å². The molecule has 1 atom stereocenters. The number of thiophene rings is 1. The fourth-order valence-corrected chi connectivity index (χ4v) is 4.40. The Balaban J connectivity index is 2.97. The van der Waals surface area contributed by atoms with E-state index in [9.17, 15) is 13.2 Å². The predicted molar refractivity (Wildman–Crippen MR) is 67.6 cm³/mol. The minimum atomic E-state index is -4.07. The van der Waals surface area contributed by atoms with Crippen LogP contribution in [-0.2, 0) is 19.7 Å². The summed E-state index contributed by atoms with van der Waals surface area (Å²) in [5, 5.41) is 8.56. The van der Waals surface area contributed by atoms with Crippen molar-refractivity contribution in [1.82, 2.24) is 4.89 Å². The maximum absolute atomic E-state index is 11.8. The number of hydrogen-bond acceptors (Lipinski definition) is 5. The Labute approximate surface area is 117 Å². The van der Waals surface area contributed by atoms with E-state index in [1.54, 1.807) is 4.89 Å². The van der Waals surface area contributed by atoms with E-state index in [0.717, 1.165) is 11.3 Å². The van der Waals surface area contributed by atoms with Gasteiger partial charge in [-0.1, -0.05) is 28.1 Å². The van der Waals surface area contributed by atoms with Crippen molar-refractivity contribution >= 4 is 50.5 Å². The molecule has 1 aromatic rings. The van der Waals surface area contributed by atoms with Gasteiger partial charge < -0.3 is 5.11 Å². The first-order chi connectivity index (χ1) is 8.16. The highest BCUT2D eigenvalue weighted by Gasteiger charge is 2.26. The predicted octanol–water partition coefficient (Wildman–Crippen LogP) is 2.05. The summed E-state index contributed by atoms with van der Waals surface area (Å²) in [7, 11) is -4.07. The Morgan fingerprint density at radius 1 is 1.44 bits per heavy atom. The Bertz CT molecular complexity index is 568. The maximum atomic E-state index is 11.8. The van der Waals surface area contributed by atoms with Crippen LogP contribution in [0.25, 0.3) is 0 Å². The van der Waals surface area contributed by atoms with E-state index in [4.69, 9.17) is 28.3 Å². The summed E-state index contributed by atoms with van der Waals surface area (Å²) >= 11 is 12.4. The number of hydrogen-bond donors (Lipinski definition) is 2. The van der Waals surface area contributed by atoms with E-state index in [2.05, 4.69) is 4.84 Å². The van der Waals surface area contributed by atoms with E-state index >= 15 is 0 Å². The van der Waals surface area contributed by atoms with Crippen LogP contribution in [0, 0.1) is 6.92 Å². The molecular weight excluding hydrogens is 325 g/mol. The summed E-state index contributed by atoms with van der Waals surface area (Å²) in [5.74, 6) is -1.30. The molecule has 6 nitrogen and oxygen atoms in total. The highest BCUT2D eigenvalue weighted by molar-refractivity contribution is 7.89. The number of sulfonamides is 1. The van der Waals surface area contributed by atoms with Gasteiger partial charge in [-0.2, -0.15) is 0 Å². The van der Waals surface area contributed by atoms with Gasteiger partial charge in [-0.05, 0) is 13.8 Å². The van der Waals surface area contributed by atoms with Crippen molar-refractivity contribution in [2.75, 3.05) is 0 Å². The lowest BCUT2D eigenvalue weighted by Crippen LogP contribution is -2.32. The number of carbonyl (C=O) groups is 1. The first-order valence-electron chi connectivity index (χ1n) is 4.51. The second kappa shape index (κ2) is 5.72. The number of rotatable bonds is 5. The van der Waals surface area contributed by atoms with Crippen molar-refractivity contribution in [3.8, 4) is 0 Å². The maximum Gasteiger partial charge on any atom is 0.334 e. The summed E-state index contributed by atoms with van der Waals surface area (Å²) in [5.41, 5.74) is 0.283. The van der Waals surface area contributed by atoms with E-state index in [0.29, 0.717) is 0 Å². The molecule has 0 aliphatic rings. The summed E-state index contributed by atoms with van der Waals surface area (Å²) in [6.45, 7) is 2.67. The Morgan fingerprint density at radius 2 is 2.00 bits per heavy atom. The van der Waals surface area contributed by atoms with Gasteiger partial charge in [0.05, 0.1) is 4.34 Å². The highest BCUT2D eigenvalue weighted by atomic mass is 35.5. The van der Waals surface area contributed by atoms with Crippen LogP contribution in [0.1, 0.15) is 12.5 Å². The lowest BCUT2D eigenvalue weighted by molar-refractivity contribution is -0.151. The van der Waals surface area contributed by atoms with Gasteiger partial charge >= 0.3 is 5.97 Å². The Kier molecular flexibility index (Phi) is 4.98. The summed E-state index contributed by atoms with van der Waals surface area (Å²) in [4.78, 5) is 16.5. The molecule has 1 rings (SSSR count). The molecule has 0 saturated heterocycles. The van der Waals surface area contributed by atoms with Crippen molar-refractivity contribution in [3.05, 3.63) is 14.2 Å². The third-order valence-electron chi connectivity index (χ3n) is 1.94. The van der Waals surface area contributed by atoms with Gasteiger partial charge in [-0.3, -0.25) is 4.84 Å². The van der Waals surface area contributed by atoms with E-state index < -0.39 is 22.1 Å². The molecule has 0 aliphatic heterocycles. The van der Waals surface area contributed by atoms with Gasteiger partial charge in [0.1, 0.15) is 9.23 Å². The smallest absolute Gasteiger partial charge is 0.334 e. The number of aliphatic carboxylic acids is 1. The Hall–Kier alpha value is -0.380. The highest BCUT2D eigenvalue weighted by Crippen LogP contribution is 2.38. The molecule has 0 amide bonds. The van der Waals surface area contributed by atoms with E-state index in [1.165, 1.54) is 13.8 Å². The Morgan fingerprint density at radius 3 is 2.39 bits per heavy atom. The number of nitrogens with one attached hydrogen (secondary N) is 1. The second-order valence-electron chi connectivity index (χ2n) is 3.29. The fraction of sp³-hybridized carbons (Fsp3) is 0.375. The van der Waals surface area contributed by atoms with Crippen LogP contribution < -0.4 is 4.89 Å². The third-order valence-corrected chi connectivity index (χ3v) is 5.35. The van der Waals surface area contributed by atoms with Crippen LogP contribution in [-0.4, -0.2) is 25.6 Å². The van der Waals surface area contributed by atoms with Crippen LogP contribution in [0.2, 0.25) is 8.67 Å². The molecular formula is C8H9Cl2NO5S2. The van der Waals surface area contributed by atoms with Gasteiger partial charge in [0.25, 0.3) is 10.0 Å². The monoisotopic (exact) mass is 333 g/mol. The van der Waals surface area contributed by atoms with Crippen molar-refractivity contribution in [2.45, 2.75) is 24.8 Å². The largest absolute Gasteiger partial charge is 0.479 e. The number of halogens is 2. The third kappa shape index (κ3) is 3.34. The zero-order chi connectivity index (χ0) is 14.1. The fourth-order valence-electron chi connectivity index (χ4n) is 0.973.